The Morgan fingerprint density at radius 2 is 1.15 bits per heavy atom. The Kier molecular flexibility index (Phi) is 17.4. The third-order valence-electron chi connectivity index (χ3n) is 6.66. The highest BCUT2D eigenvalue weighted by Crippen LogP contribution is 2.27. The van der Waals surface area contributed by atoms with Crippen LogP contribution < -0.4 is 9.47 Å². The summed E-state index contributed by atoms with van der Waals surface area (Å²) in [6.45, 7) is 18.2. The van der Waals surface area contributed by atoms with Crippen molar-refractivity contribution in [2.75, 3.05) is 40.6 Å². The highest BCUT2D eigenvalue weighted by molar-refractivity contribution is 14.1. The van der Waals surface area contributed by atoms with Gasteiger partial charge in [-0.1, -0.05) is 45.2 Å². The zero-order chi connectivity index (χ0) is 39.9. The summed E-state index contributed by atoms with van der Waals surface area (Å²) in [7, 11) is 0.482. The van der Waals surface area contributed by atoms with Crippen molar-refractivity contribution in [2.24, 2.45) is 0 Å². The number of rotatable bonds is 10. The van der Waals surface area contributed by atoms with Crippen molar-refractivity contribution < 1.29 is 27.7 Å². The van der Waals surface area contributed by atoms with E-state index in [0.29, 0.717) is 55.1 Å². The van der Waals surface area contributed by atoms with Crippen LogP contribution in [0.5, 0.6) is 11.8 Å². The molecule has 280 valence electrons. The summed E-state index contributed by atoms with van der Waals surface area (Å²) in [6.07, 6.45) is 5.12. The van der Waals surface area contributed by atoms with Crippen LogP contribution in [0.4, 0.5) is 8.78 Å². The average Bonchev–Trinajstić information content (AvgIpc) is 3.57. The Bertz CT molecular complexity index is 2060. The van der Waals surface area contributed by atoms with Crippen molar-refractivity contribution in [2.45, 2.75) is 53.1 Å². The second-order valence-electron chi connectivity index (χ2n) is 13.5. The van der Waals surface area contributed by atoms with E-state index in [1.165, 1.54) is 24.3 Å². The smallest absolute Gasteiger partial charge is 0.249 e. The van der Waals surface area contributed by atoms with E-state index in [-0.39, 0.29) is 11.1 Å². The Balaban J connectivity index is 0.000000323. The molecule has 0 radical (unpaired) electrons. The lowest BCUT2D eigenvalue weighted by molar-refractivity contribution is 0.143. The lowest BCUT2D eigenvalue weighted by atomic mass is 10.2. The minimum Gasteiger partial charge on any atom is -0.473 e. The molecule has 0 aliphatic carbocycles. The summed E-state index contributed by atoms with van der Waals surface area (Å²) < 4.78 is 52.5. The quantitative estimate of drug-likeness (QED) is 0.0687. The molecule has 10 nitrogen and oxygen atoms in total. The fourth-order valence-electron chi connectivity index (χ4n) is 3.99. The first-order valence-electron chi connectivity index (χ1n) is 16.4. The number of benzene rings is 2. The average molecular weight is 871 g/mol. The number of ether oxygens (including phenoxy) is 4. The van der Waals surface area contributed by atoms with Gasteiger partial charge in [0.1, 0.15) is 46.6 Å². The maximum Gasteiger partial charge on any atom is 0.249 e. The molecule has 0 saturated carbocycles. The fourth-order valence-corrected chi connectivity index (χ4v) is 4.98. The van der Waals surface area contributed by atoms with E-state index in [1.54, 1.807) is 35.7 Å². The molecule has 2 heterocycles. The summed E-state index contributed by atoms with van der Waals surface area (Å²) in [5.41, 5.74) is 9.69. The Morgan fingerprint density at radius 3 is 1.57 bits per heavy atom. The SMILES string of the molecule is C#C[Si](C)(C)C.COCCOc1nn(-c2cc(F)cc(C#N)c2)c(C)c1C#C[Si](C)(C)C.COCCOc1nn(-c2cc(F)cc(C#N)c2)c(C)c1I. The number of nitriles is 2. The molecule has 0 spiro atoms. The van der Waals surface area contributed by atoms with Crippen LogP contribution in [0.25, 0.3) is 11.4 Å². The number of aromatic nitrogens is 4. The molecule has 0 atom stereocenters. The van der Waals surface area contributed by atoms with Gasteiger partial charge in [0.15, 0.2) is 0 Å². The van der Waals surface area contributed by atoms with Gasteiger partial charge in [-0.25, -0.2) is 18.1 Å². The first-order valence-corrected chi connectivity index (χ1v) is 24.5. The number of hydrogen-bond acceptors (Lipinski definition) is 8. The molecule has 4 aromatic rings. The molecule has 4 rings (SSSR count). The van der Waals surface area contributed by atoms with E-state index in [4.69, 9.17) is 35.9 Å². The molecular weight excluding hydrogens is 826 g/mol. The Hall–Kier alpha value is -4.50. The first kappa shape index (κ1) is 44.7. The molecule has 2 aromatic heterocycles. The predicted octanol–water partition coefficient (Wildman–Crippen LogP) is 7.76. The molecule has 0 saturated heterocycles. The van der Waals surface area contributed by atoms with Crippen molar-refractivity contribution in [3.8, 4) is 58.7 Å². The second kappa shape index (κ2) is 20.7. The molecule has 0 amide bonds. The number of methoxy groups -OCH3 is 2. The van der Waals surface area contributed by atoms with Gasteiger partial charge in [0, 0.05) is 14.2 Å². The minimum absolute atomic E-state index is 0.228. The van der Waals surface area contributed by atoms with Crippen LogP contribution in [0.3, 0.4) is 0 Å². The zero-order valence-corrected chi connectivity index (χ0v) is 36.0. The van der Waals surface area contributed by atoms with E-state index in [0.717, 1.165) is 15.0 Å². The number of terminal acetylenes is 1. The van der Waals surface area contributed by atoms with Gasteiger partial charge in [-0.3, -0.25) is 0 Å². The van der Waals surface area contributed by atoms with E-state index in [9.17, 15) is 8.78 Å². The van der Waals surface area contributed by atoms with Crippen molar-refractivity contribution in [1.82, 2.24) is 19.6 Å². The highest BCUT2D eigenvalue weighted by atomic mass is 127. The Morgan fingerprint density at radius 1 is 0.717 bits per heavy atom. The summed E-state index contributed by atoms with van der Waals surface area (Å²) in [5.74, 6) is 3.06. The van der Waals surface area contributed by atoms with Crippen LogP contribution in [0.15, 0.2) is 36.4 Å². The number of nitrogens with zero attached hydrogens (tertiary/aromatic N) is 6. The third kappa shape index (κ3) is 14.5. The van der Waals surface area contributed by atoms with E-state index >= 15 is 0 Å². The van der Waals surface area contributed by atoms with Gasteiger partial charge in [0.25, 0.3) is 0 Å². The van der Waals surface area contributed by atoms with E-state index in [1.807, 2.05) is 26.0 Å². The van der Waals surface area contributed by atoms with Gasteiger partial charge in [-0.2, -0.15) is 10.5 Å². The summed E-state index contributed by atoms with van der Waals surface area (Å²) in [6, 6.07) is 12.1. The van der Waals surface area contributed by atoms with Gasteiger partial charge in [0.2, 0.25) is 11.8 Å². The van der Waals surface area contributed by atoms with Gasteiger partial charge < -0.3 is 18.9 Å². The van der Waals surface area contributed by atoms with Gasteiger partial charge in [-0.05, 0) is 72.8 Å². The molecule has 0 N–H and O–H groups in total. The third-order valence-corrected chi connectivity index (χ3v) is 9.64. The monoisotopic (exact) mass is 870 g/mol. The first-order chi connectivity index (χ1) is 24.9. The standard InChI is InChI=1S/C19H22FN3O2Si.C14H13FIN3O2.C5H10Si/c1-14-18(6-9-26(3,4)5)19(25-8-7-24-2)22-23(14)17-11-15(13-21)10-16(20)12-17;1-9-13(16)14(21-4-3-20-2)18-19(9)12-6-10(8-17)5-11(15)7-12;1-5-6(2,3)4/h10-12H,7-8H2,1-5H3;5-7H,3-4H2,1-2H3;1H,2-4H3. The molecule has 0 aliphatic heterocycles. The van der Waals surface area contributed by atoms with E-state index < -0.39 is 27.8 Å². The molecule has 0 aliphatic rings. The molecule has 2 aromatic carbocycles. The minimum atomic E-state index is -1.60. The van der Waals surface area contributed by atoms with Crippen LogP contribution >= 0.6 is 22.6 Å². The van der Waals surface area contributed by atoms with Crippen molar-refractivity contribution >= 4 is 38.7 Å². The number of hydrogen-bond donors (Lipinski definition) is 0. The summed E-state index contributed by atoms with van der Waals surface area (Å²) in [4.78, 5) is 0. The maximum absolute atomic E-state index is 13.8. The largest absolute Gasteiger partial charge is 0.473 e. The van der Waals surface area contributed by atoms with Gasteiger partial charge in [-0.15, -0.1) is 27.7 Å². The number of halogens is 3. The van der Waals surface area contributed by atoms with Crippen molar-refractivity contribution in [3.63, 3.8) is 0 Å². The van der Waals surface area contributed by atoms with Crippen LogP contribution in [0.1, 0.15) is 28.1 Å². The van der Waals surface area contributed by atoms with Crippen LogP contribution in [0, 0.1) is 75.1 Å². The summed E-state index contributed by atoms with van der Waals surface area (Å²) >= 11 is 2.12. The predicted molar refractivity (Wildman–Crippen MR) is 216 cm³/mol. The van der Waals surface area contributed by atoms with Crippen LogP contribution in [-0.4, -0.2) is 76.4 Å². The molecule has 0 bridgehead atoms. The van der Waals surface area contributed by atoms with Crippen molar-refractivity contribution in [3.05, 3.63) is 79.7 Å². The molecule has 53 heavy (non-hydrogen) atoms. The zero-order valence-electron chi connectivity index (χ0n) is 31.8. The van der Waals surface area contributed by atoms with E-state index in [2.05, 4.69) is 89.1 Å². The maximum atomic E-state index is 13.8. The van der Waals surface area contributed by atoms with Crippen molar-refractivity contribution in [1.29, 1.82) is 10.5 Å². The highest BCUT2D eigenvalue weighted by Gasteiger charge is 2.19. The second-order valence-corrected chi connectivity index (χ2v) is 24.1. The topological polar surface area (TPSA) is 120 Å². The molecule has 0 unspecified atom stereocenters. The van der Waals surface area contributed by atoms with Gasteiger partial charge >= 0.3 is 0 Å². The molecule has 0 fully saturated rings. The fraction of sp³-hybridized carbons (Fsp3) is 0.368. The normalized spacial score (nSPS) is 10.6. The Labute approximate surface area is 327 Å². The lowest BCUT2D eigenvalue weighted by Gasteiger charge is -2.05. The molecule has 15 heteroatoms. The van der Waals surface area contributed by atoms with Crippen LogP contribution in [0.2, 0.25) is 39.3 Å². The van der Waals surface area contributed by atoms with Gasteiger partial charge in [0.05, 0.1) is 62.8 Å². The lowest BCUT2D eigenvalue weighted by Crippen LogP contribution is -2.16. The molecular formula is C38H45F2IN6O4Si2. The van der Waals surface area contributed by atoms with Crippen LogP contribution in [-0.2, 0) is 9.47 Å². The summed E-state index contributed by atoms with van der Waals surface area (Å²) in [5, 5.41) is 26.8.